The molecule has 2 N–H and O–H groups in total. The van der Waals surface area contributed by atoms with Gasteiger partial charge in [0.1, 0.15) is 11.3 Å². The lowest BCUT2D eigenvalue weighted by atomic mass is 9.86. The van der Waals surface area contributed by atoms with Gasteiger partial charge in [0.15, 0.2) is 0 Å². The van der Waals surface area contributed by atoms with Crippen LogP contribution in [0.2, 0.25) is 0 Å². The van der Waals surface area contributed by atoms with Crippen LogP contribution in [0.3, 0.4) is 0 Å². The minimum Gasteiger partial charge on any atom is -0.493 e. The van der Waals surface area contributed by atoms with Crippen molar-refractivity contribution in [3.63, 3.8) is 0 Å². The highest BCUT2D eigenvalue weighted by molar-refractivity contribution is 9.10. The number of hydrogen-bond acceptors (Lipinski definition) is 4. The first kappa shape index (κ1) is 20.6. The minimum atomic E-state index is -0.809. The van der Waals surface area contributed by atoms with Crippen LogP contribution in [-0.2, 0) is 9.59 Å². The van der Waals surface area contributed by atoms with Gasteiger partial charge in [-0.05, 0) is 43.0 Å². The molecular weight excluding hydrogens is 424 g/mol. The van der Waals surface area contributed by atoms with Crippen LogP contribution >= 0.6 is 15.9 Å². The van der Waals surface area contributed by atoms with Crippen LogP contribution in [0.5, 0.6) is 5.75 Å². The highest BCUT2D eigenvalue weighted by Crippen LogP contribution is 2.29. The van der Waals surface area contributed by atoms with Crippen LogP contribution in [0.25, 0.3) is 6.08 Å². The Labute approximate surface area is 173 Å². The summed E-state index contributed by atoms with van der Waals surface area (Å²) in [6, 6.07) is 4.63. The van der Waals surface area contributed by atoms with E-state index in [9.17, 15) is 14.4 Å². The molecule has 3 rings (SSSR count). The van der Waals surface area contributed by atoms with E-state index in [-0.39, 0.29) is 5.57 Å². The molecule has 0 aromatic heterocycles. The van der Waals surface area contributed by atoms with Crippen molar-refractivity contribution in [1.82, 2.24) is 10.6 Å². The summed E-state index contributed by atoms with van der Waals surface area (Å²) < 4.78 is 6.72. The van der Waals surface area contributed by atoms with Gasteiger partial charge in [-0.3, -0.25) is 20.2 Å². The van der Waals surface area contributed by atoms with E-state index in [1.54, 1.807) is 12.1 Å². The predicted molar refractivity (Wildman–Crippen MR) is 110 cm³/mol. The van der Waals surface area contributed by atoms with Crippen molar-refractivity contribution < 1.29 is 19.1 Å². The molecule has 6 nitrogen and oxygen atoms in total. The summed E-state index contributed by atoms with van der Waals surface area (Å²) in [5, 5.41) is 4.15. The van der Waals surface area contributed by atoms with Crippen molar-refractivity contribution in [3.05, 3.63) is 33.8 Å². The maximum atomic E-state index is 12.0. The van der Waals surface area contributed by atoms with Crippen LogP contribution < -0.4 is 15.4 Å². The lowest BCUT2D eigenvalue weighted by Gasteiger charge is -2.21. The number of ether oxygens (including phenoxy) is 1. The smallest absolute Gasteiger partial charge is 0.328 e. The van der Waals surface area contributed by atoms with E-state index in [1.165, 1.54) is 44.6 Å². The molecule has 1 aliphatic carbocycles. The van der Waals surface area contributed by atoms with Crippen LogP contribution in [0, 0.1) is 5.92 Å². The molecule has 4 amide bonds. The number of unbranched alkanes of at least 4 members (excludes halogenated alkanes) is 1. The van der Waals surface area contributed by atoms with E-state index < -0.39 is 17.8 Å². The maximum absolute atomic E-state index is 12.0. The number of urea groups is 1. The van der Waals surface area contributed by atoms with Gasteiger partial charge >= 0.3 is 6.03 Å². The number of barbiturate groups is 1. The first-order valence-electron chi connectivity index (χ1n) is 9.83. The fourth-order valence-corrected chi connectivity index (χ4v) is 4.10. The molecule has 1 aromatic carbocycles. The van der Waals surface area contributed by atoms with E-state index >= 15 is 0 Å². The SMILES string of the molecule is O=C1NC(=O)C(=Cc2cc(Br)ccc2OCCCCC2CCCCC2)C(=O)N1. The van der Waals surface area contributed by atoms with Gasteiger partial charge < -0.3 is 4.74 Å². The summed E-state index contributed by atoms with van der Waals surface area (Å²) in [5.41, 5.74) is 0.483. The average molecular weight is 449 g/mol. The monoisotopic (exact) mass is 448 g/mol. The molecule has 0 spiro atoms. The minimum absolute atomic E-state index is 0.125. The zero-order chi connectivity index (χ0) is 19.9. The van der Waals surface area contributed by atoms with Crippen molar-refractivity contribution in [2.45, 2.75) is 51.4 Å². The van der Waals surface area contributed by atoms with Gasteiger partial charge in [-0.25, -0.2) is 4.79 Å². The first-order chi connectivity index (χ1) is 13.5. The summed E-state index contributed by atoms with van der Waals surface area (Å²) in [6.45, 7) is 0.585. The van der Waals surface area contributed by atoms with E-state index in [0.717, 1.165) is 23.2 Å². The fraction of sp³-hybridized carbons (Fsp3) is 0.476. The van der Waals surface area contributed by atoms with Crippen LogP contribution in [0.15, 0.2) is 28.2 Å². The van der Waals surface area contributed by atoms with Gasteiger partial charge in [0, 0.05) is 10.0 Å². The highest BCUT2D eigenvalue weighted by Gasteiger charge is 2.28. The summed E-state index contributed by atoms with van der Waals surface area (Å²) in [6.07, 6.45) is 11.6. The molecule has 7 heteroatoms. The number of imide groups is 2. The lowest BCUT2D eigenvalue weighted by Crippen LogP contribution is -2.51. The number of halogens is 1. The third-order valence-corrected chi connectivity index (χ3v) is 5.70. The van der Waals surface area contributed by atoms with Gasteiger partial charge in [-0.15, -0.1) is 0 Å². The molecule has 0 bridgehead atoms. The largest absolute Gasteiger partial charge is 0.493 e. The van der Waals surface area contributed by atoms with Gasteiger partial charge in [0.05, 0.1) is 6.61 Å². The van der Waals surface area contributed by atoms with Gasteiger partial charge in [0.2, 0.25) is 0 Å². The molecule has 0 radical (unpaired) electrons. The van der Waals surface area contributed by atoms with Crippen molar-refractivity contribution in [2.75, 3.05) is 6.61 Å². The number of nitrogens with one attached hydrogen (secondary N) is 2. The Kier molecular flexibility index (Phi) is 7.25. The van der Waals surface area contributed by atoms with Crippen LogP contribution in [0.1, 0.15) is 56.9 Å². The zero-order valence-corrected chi connectivity index (χ0v) is 17.3. The lowest BCUT2D eigenvalue weighted by molar-refractivity contribution is -0.123. The maximum Gasteiger partial charge on any atom is 0.328 e. The molecule has 28 heavy (non-hydrogen) atoms. The molecule has 1 aromatic rings. The fourth-order valence-electron chi connectivity index (χ4n) is 3.72. The number of carbonyl (C=O) groups is 3. The van der Waals surface area contributed by atoms with E-state index in [4.69, 9.17) is 4.74 Å². The van der Waals surface area contributed by atoms with E-state index in [1.807, 2.05) is 6.07 Å². The van der Waals surface area contributed by atoms with Gasteiger partial charge in [0.25, 0.3) is 11.8 Å². The molecule has 1 aliphatic heterocycles. The predicted octanol–water partition coefficient (Wildman–Crippen LogP) is 4.33. The van der Waals surface area contributed by atoms with Crippen molar-refractivity contribution >= 4 is 39.9 Å². The van der Waals surface area contributed by atoms with Crippen molar-refractivity contribution in [2.24, 2.45) is 5.92 Å². The Morgan fingerprint density at radius 2 is 1.75 bits per heavy atom. The number of hydrogen-bond donors (Lipinski definition) is 2. The molecule has 1 saturated carbocycles. The third-order valence-electron chi connectivity index (χ3n) is 5.20. The number of benzene rings is 1. The van der Waals surface area contributed by atoms with E-state index in [0.29, 0.717) is 17.9 Å². The number of rotatable bonds is 7. The van der Waals surface area contributed by atoms with Crippen molar-refractivity contribution in [1.29, 1.82) is 0 Å². The Hall–Kier alpha value is -2.15. The summed E-state index contributed by atoms with van der Waals surface area (Å²) >= 11 is 3.40. The zero-order valence-electron chi connectivity index (χ0n) is 15.8. The quantitative estimate of drug-likeness (QED) is 0.369. The summed E-state index contributed by atoms with van der Waals surface area (Å²) in [7, 11) is 0. The molecule has 0 unspecified atom stereocenters. The Morgan fingerprint density at radius 1 is 1.04 bits per heavy atom. The van der Waals surface area contributed by atoms with Gasteiger partial charge in [-0.2, -0.15) is 0 Å². The molecule has 0 atom stereocenters. The Bertz CT molecular complexity index is 763. The molecule has 150 valence electrons. The first-order valence-corrected chi connectivity index (χ1v) is 10.6. The Morgan fingerprint density at radius 3 is 2.46 bits per heavy atom. The standard InChI is InChI=1S/C21H25BrN2O4/c22-16-9-10-18(28-11-5-4-8-14-6-2-1-3-7-14)15(12-16)13-17-19(25)23-21(27)24-20(17)26/h9-10,12-14H,1-8,11H2,(H2,23,24,25,26,27). The molecule has 1 heterocycles. The average Bonchev–Trinajstić information content (AvgIpc) is 2.66. The second-order valence-corrected chi connectivity index (χ2v) is 8.24. The second kappa shape index (κ2) is 9.87. The second-order valence-electron chi connectivity index (χ2n) is 7.33. The molecular formula is C21H25BrN2O4. The number of carbonyl (C=O) groups excluding carboxylic acids is 3. The summed E-state index contributed by atoms with van der Waals surface area (Å²) in [4.78, 5) is 35.1. The summed E-state index contributed by atoms with van der Waals surface area (Å²) in [5.74, 6) is 0.0398. The van der Waals surface area contributed by atoms with Gasteiger partial charge in [-0.1, -0.05) is 54.5 Å². The number of amides is 4. The Balaban J connectivity index is 1.59. The molecule has 2 fully saturated rings. The van der Waals surface area contributed by atoms with Crippen LogP contribution in [0.4, 0.5) is 4.79 Å². The van der Waals surface area contributed by atoms with Crippen molar-refractivity contribution in [3.8, 4) is 5.75 Å². The van der Waals surface area contributed by atoms with E-state index in [2.05, 4.69) is 26.6 Å². The molecule has 1 saturated heterocycles. The topological polar surface area (TPSA) is 84.5 Å². The van der Waals surface area contributed by atoms with Crippen LogP contribution in [-0.4, -0.2) is 24.5 Å². The highest BCUT2D eigenvalue weighted by atomic mass is 79.9. The normalized spacial score (nSPS) is 17.9. The molecule has 2 aliphatic rings. The third kappa shape index (κ3) is 5.67.